The maximum absolute atomic E-state index is 13.2. The Bertz CT molecular complexity index is 996. The number of hydrogen-bond acceptors (Lipinski definition) is 4. The number of nitrogens with zero attached hydrogens (tertiary/aromatic N) is 1. The molecule has 2 aliphatic rings. The van der Waals surface area contributed by atoms with Crippen molar-refractivity contribution in [3.63, 3.8) is 0 Å². The van der Waals surface area contributed by atoms with E-state index >= 15 is 0 Å². The maximum Gasteiger partial charge on any atom is 0.232 e. The van der Waals surface area contributed by atoms with Crippen LogP contribution >= 0.6 is 15.9 Å². The molecular weight excluding hydrogens is 434 g/mol. The van der Waals surface area contributed by atoms with E-state index in [0.717, 1.165) is 33.4 Å². The second-order valence-corrected chi connectivity index (χ2v) is 8.13. The van der Waals surface area contributed by atoms with Gasteiger partial charge in [0.1, 0.15) is 0 Å². The quantitative estimate of drug-likeness (QED) is 0.651. The van der Waals surface area contributed by atoms with Gasteiger partial charge >= 0.3 is 0 Å². The molecule has 4 rings (SSSR count). The van der Waals surface area contributed by atoms with E-state index in [1.54, 1.807) is 19.1 Å². The molecule has 1 unspecified atom stereocenters. The van der Waals surface area contributed by atoms with Crippen molar-refractivity contribution in [2.45, 2.75) is 31.6 Å². The molecule has 0 radical (unpaired) electrons. The van der Waals surface area contributed by atoms with E-state index in [2.05, 4.69) is 15.9 Å². The SMILES string of the molecule is COc1ccc(C2CC(=O)N(c3ccc(Br)cc3)C3=C2C(=O)CCC3)cc1OC. The Kier molecular flexibility index (Phi) is 5.46. The summed E-state index contributed by atoms with van der Waals surface area (Å²) in [6.07, 6.45) is 2.24. The first-order valence-electron chi connectivity index (χ1n) is 9.60. The summed E-state index contributed by atoms with van der Waals surface area (Å²) in [5.74, 6) is 1.08. The number of benzene rings is 2. The topological polar surface area (TPSA) is 55.8 Å². The predicted octanol–water partition coefficient (Wildman–Crippen LogP) is 4.99. The van der Waals surface area contributed by atoms with Gasteiger partial charge < -0.3 is 9.47 Å². The summed E-state index contributed by atoms with van der Waals surface area (Å²) in [7, 11) is 3.17. The van der Waals surface area contributed by atoms with E-state index in [-0.39, 0.29) is 24.0 Å². The number of amides is 1. The summed E-state index contributed by atoms with van der Waals surface area (Å²) in [5, 5.41) is 0. The molecule has 0 N–H and O–H groups in total. The largest absolute Gasteiger partial charge is 0.493 e. The number of ether oxygens (including phenoxy) is 2. The van der Waals surface area contributed by atoms with Gasteiger partial charge in [0.15, 0.2) is 17.3 Å². The Morgan fingerprint density at radius 2 is 1.69 bits per heavy atom. The molecule has 1 aliphatic heterocycles. The normalized spacial score (nSPS) is 19.3. The molecule has 0 spiro atoms. The maximum atomic E-state index is 13.2. The Morgan fingerprint density at radius 3 is 2.38 bits per heavy atom. The van der Waals surface area contributed by atoms with Gasteiger partial charge in [0.25, 0.3) is 0 Å². The van der Waals surface area contributed by atoms with Gasteiger partial charge in [-0.25, -0.2) is 0 Å². The Morgan fingerprint density at radius 1 is 0.966 bits per heavy atom. The number of ketones is 1. The van der Waals surface area contributed by atoms with E-state index in [1.807, 2.05) is 42.5 Å². The van der Waals surface area contributed by atoms with Crippen LogP contribution in [0.2, 0.25) is 0 Å². The summed E-state index contributed by atoms with van der Waals surface area (Å²) < 4.78 is 11.7. The molecule has 0 saturated heterocycles. The fourth-order valence-corrected chi connectivity index (χ4v) is 4.50. The molecule has 0 saturated carbocycles. The Balaban J connectivity index is 1.83. The van der Waals surface area contributed by atoms with Crippen molar-refractivity contribution >= 4 is 33.3 Å². The number of carbonyl (C=O) groups is 2. The molecule has 0 bridgehead atoms. The third-order valence-corrected chi connectivity index (χ3v) is 6.10. The Labute approximate surface area is 178 Å². The van der Waals surface area contributed by atoms with E-state index in [1.165, 1.54) is 0 Å². The van der Waals surface area contributed by atoms with Gasteiger partial charge in [-0.3, -0.25) is 14.5 Å². The molecule has 150 valence electrons. The van der Waals surface area contributed by atoms with Crippen LogP contribution in [-0.4, -0.2) is 25.9 Å². The van der Waals surface area contributed by atoms with Crippen LogP contribution in [0, 0.1) is 0 Å². The standard InChI is InChI=1S/C23H22BrNO4/c1-28-20-11-6-14(12-21(20)29-2)17-13-22(27)25(16-9-7-15(24)8-10-16)18-4-3-5-19(26)23(17)18/h6-12,17H,3-5,13H2,1-2H3. The zero-order chi connectivity index (χ0) is 20.5. The highest BCUT2D eigenvalue weighted by Crippen LogP contribution is 2.44. The number of methoxy groups -OCH3 is 2. The van der Waals surface area contributed by atoms with Gasteiger partial charge in [-0.1, -0.05) is 22.0 Å². The first-order valence-corrected chi connectivity index (χ1v) is 10.4. The van der Waals surface area contributed by atoms with Crippen molar-refractivity contribution in [3.05, 3.63) is 63.8 Å². The van der Waals surface area contributed by atoms with Crippen molar-refractivity contribution in [1.82, 2.24) is 0 Å². The first kappa shape index (κ1) is 19.7. The summed E-state index contributed by atoms with van der Waals surface area (Å²) >= 11 is 3.44. The van der Waals surface area contributed by atoms with Crippen LogP contribution < -0.4 is 14.4 Å². The molecule has 1 heterocycles. The van der Waals surface area contributed by atoms with Gasteiger partial charge in [-0.05, 0) is 54.8 Å². The van der Waals surface area contributed by atoms with Gasteiger partial charge in [0.2, 0.25) is 5.91 Å². The van der Waals surface area contributed by atoms with Crippen molar-refractivity contribution in [2.24, 2.45) is 0 Å². The van der Waals surface area contributed by atoms with Gasteiger partial charge in [0.05, 0.1) is 14.2 Å². The lowest BCUT2D eigenvalue weighted by atomic mass is 9.77. The fourth-order valence-electron chi connectivity index (χ4n) is 4.24. The highest BCUT2D eigenvalue weighted by Gasteiger charge is 2.39. The van der Waals surface area contributed by atoms with Crippen LogP contribution in [0.1, 0.15) is 37.2 Å². The van der Waals surface area contributed by atoms with Gasteiger partial charge in [-0.2, -0.15) is 0 Å². The van der Waals surface area contributed by atoms with Gasteiger partial charge in [-0.15, -0.1) is 0 Å². The zero-order valence-corrected chi connectivity index (χ0v) is 18.0. The van der Waals surface area contributed by atoms with Crippen LogP contribution in [0.5, 0.6) is 11.5 Å². The first-order chi connectivity index (χ1) is 14.0. The number of allylic oxidation sites excluding steroid dienone is 2. The fraction of sp³-hybridized carbons (Fsp3) is 0.304. The lowest BCUT2D eigenvalue weighted by Gasteiger charge is -2.38. The number of anilines is 1. The minimum atomic E-state index is -0.267. The molecular formula is C23H22BrNO4. The molecule has 1 amide bonds. The molecule has 29 heavy (non-hydrogen) atoms. The molecule has 2 aromatic carbocycles. The van der Waals surface area contributed by atoms with Crippen molar-refractivity contribution in [2.75, 3.05) is 19.1 Å². The number of carbonyl (C=O) groups excluding carboxylic acids is 2. The third-order valence-electron chi connectivity index (χ3n) is 5.57. The number of hydrogen-bond donors (Lipinski definition) is 0. The van der Waals surface area contributed by atoms with Crippen LogP contribution in [0.4, 0.5) is 5.69 Å². The van der Waals surface area contributed by atoms with Crippen molar-refractivity contribution in [1.29, 1.82) is 0 Å². The monoisotopic (exact) mass is 455 g/mol. The average Bonchev–Trinajstić information content (AvgIpc) is 2.73. The number of Topliss-reactive ketones (excluding diaryl/α,β-unsaturated/α-hetero) is 1. The summed E-state index contributed by atoms with van der Waals surface area (Å²) in [6, 6.07) is 13.2. The van der Waals surface area contributed by atoms with Crippen molar-refractivity contribution < 1.29 is 19.1 Å². The summed E-state index contributed by atoms with van der Waals surface area (Å²) in [6.45, 7) is 0. The average molecular weight is 456 g/mol. The minimum Gasteiger partial charge on any atom is -0.493 e. The molecule has 6 heteroatoms. The summed E-state index contributed by atoms with van der Waals surface area (Å²) in [4.78, 5) is 27.9. The molecule has 2 aromatic rings. The van der Waals surface area contributed by atoms with Crippen LogP contribution in [0.15, 0.2) is 58.2 Å². The summed E-state index contributed by atoms with van der Waals surface area (Å²) in [5.41, 5.74) is 3.28. The second-order valence-electron chi connectivity index (χ2n) is 7.21. The molecule has 0 fully saturated rings. The lowest BCUT2D eigenvalue weighted by Crippen LogP contribution is -2.40. The second kappa shape index (κ2) is 8.03. The van der Waals surface area contributed by atoms with Crippen LogP contribution in [0.25, 0.3) is 0 Å². The van der Waals surface area contributed by atoms with Gasteiger partial charge in [0, 0.05) is 40.2 Å². The van der Waals surface area contributed by atoms with E-state index in [0.29, 0.717) is 24.3 Å². The van der Waals surface area contributed by atoms with E-state index in [4.69, 9.17) is 9.47 Å². The molecule has 1 aliphatic carbocycles. The number of halogens is 1. The molecule has 0 aromatic heterocycles. The zero-order valence-electron chi connectivity index (χ0n) is 16.4. The lowest BCUT2D eigenvalue weighted by molar-refractivity contribution is -0.119. The third kappa shape index (κ3) is 3.57. The smallest absolute Gasteiger partial charge is 0.232 e. The highest BCUT2D eigenvalue weighted by molar-refractivity contribution is 9.10. The molecule has 5 nitrogen and oxygen atoms in total. The van der Waals surface area contributed by atoms with Crippen LogP contribution in [0.3, 0.4) is 0 Å². The number of rotatable bonds is 4. The van der Waals surface area contributed by atoms with Crippen LogP contribution in [-0.2, 0) is 9.59 Å². The minimum absolute atomic E-state index is 0.000516. The van der Waals surface area contributed by atoms with E-state index < -0.39 is 0 Å². The molecule has 1 atom stereocenters. The Hall–Kier alpha value is -2.60. The highest BCUT2D eigenvalue weighted by atomic mass is 79.9. The van der Waals surface area contributed by atoms with Crippen molar-refractivity contribution in [3.8, 4) is 11.5 Å². The van der Waals surface area contributed by atoms with E-state index in [9.17, 15) is 9.59 Å². The predicted molar refractivity (Wildman–Crippen MR) is 114 cm³/mol.